The molecule has 0 aliphatic heterocycles. The SMILES string of the molecule is Cc1cc(C)n(-c2cccc(-c3cnc(C)[nH]3)c2)n1. The Balaban J connectivity index is 2.07. The number of hydrogen-bond acceptors (Lipinski definition) is 2. The van der Waals surface area contributed by atoms with Gasteiger partial charge in [0.15, 0.2) is 0 Å². The molecule has 0 saturated heterocycles. The lowest BCUT2D eigenvalue weighted by atomic mass is 10.1. The Morgan fingerprint density at radius 3 is 2.58 bits per heavy atom. The maximum atomic E-state index is 4.51. The molecule has 0 spiro atoms. The lowest BCUT2D eigenvalue weighted by Crippen LogP contribution is -1.99. The van der Waals surface area contributed by atoms with E-state index in [0.29, 0.717) is 0 Å². The normalized spacial score (nSPS) is 10.9. The number of hydrogen-bond donors (Lipinski definition) is 1. The molecule has 96 valence electrons. The minimum atomic E-state index is 0.923. The van der Waals surface area contributed by atoms with Gasteiger partial charge >= 0.3 is 0 Å². The van der Waals surface area contributed by atoms with Gasteiger partial charge in [0, 0.05) is 11.3 Å². The van der Waals surface area contributed by atoms with Crippen molar-refractivity contribution in [2.24, 2.45) is 0 Å². The van der Waals surface area contributed by atoms with Crippen LogP contribution in [0.4, 0.5) is 0 Å². The molecule has 3 rings (SSSR count). The summed E-state index contributed by atoms with van der Waals surface area (Å²) in [6.07, 6.45) is 1.86. The fraction of sp³-hybridized carbons (Fsp3) is 0.200. The Kier molecular flexibility index (Phi) is 2.71. The second-order valence-corrected chi connectivity index (χ2v) is 4.77. The van der Waals surface area contributed by atoms with Crippen LogP contribution in [0.3, 0.4) is 0 Å². The van der Waals surface area contributed by atoms with Gasteiger partial charge in [-0.1, -0.05) is 12.1 Å². The highest BCUT2D eigenvalue weighted by Gasteiger charge is 2.06. The summed E-state index contributed by atoms with van der Waals surface area (Å²) in [5, 5.41) is 4.51. The van der Waals surface area contributed by atoms with Crippen LogP contribution in [0.15, 0.2) is 36.5 Å². The van der Waals surface area contributed by atoms with Crippen LogP contribution in [0.2, 0.25) is 0 Å². The van der Waals surface area contributed by atoms with Gasteiger partial charge in [0.2, 0.25) is 0 Å². The highest BCUT2D eigenvalue weighted by molar-refractivity contribution is 5.61. The molecule has 3 aromatic rings. The van der Waals surface area contributed by atoms with Crippen molar-refractivity contribution in [3.05, 3.63) is 53.7 Å². The van der Waals surface area contributed by atoms with Crippen molar-refractivity contribution in [3.8, 4) is 16.9 Å². The molecule has 4 nitrogen and oxygen atoms in total. The molecule has 2 aromatic heterocycles. The fourth-order valence-electron chi connectivity index (χ4n) is 2.26. The fourth-order valence-corrected chi connectivity index (χ4v) is 2.26. The maximum absolute atomic E-state index is 4.51. The van der Waals surface area contributed by atoms with Crippen LogP contribution in [-0.4, -0.2) is 19.7 Å². The van der Waals surface area contributed by atoms with Crippen molar-refractivity contribution in [2.75, 3.05) is 0 Å². The lowest BCUT2D eigenvalue weighted by molar-refractivity contribution is 0.834. The summed E-state index contributed by atoms with van der Waals surface area (Å²) in [6.45, 7) is 6.02. The van der Waals surface area contributed by atoms with Crippen molar-refractivity contribution in [2.45, 2.75) is 20.8 Å². The third-order valence-corrected chi connectivity index (χ3v) is 3.11. The number of rotatable bonds is 2. The molecule has 0 bridgehead atoms. The molecule has 2 heterocycles. The van der Waals surface area contributed by atoms with Crippen molar-refractivity contribution >= 4 is 0 Å². The van der Waals surface area contributed by atoms with Gasteiger partial charge in [-0.05, 0) is 39.0 Å². The first-order chi connectivity index (χ1) is 9.13. The summed E-state index contributed by atoms with van der Waals surface area (Å²) in [6, 6.07) is 10.4. The number of nitrogens with zero attached hydrogens (tertiary/aromatic N) is 3. The molecule has 1 aromatic carbocycles. The Hall–Kier alpha value is -2.36. The monoisotopic (exact) mass is 252 g/mol. The molecule has 0 aliphatic carbocycles. The Morgan fingerprint density at radius 2 is 1.95 bits per heavy atom. The first kappa shape index (κ1) is 11.7. The molecule has 0 aliphatic rings. The van der Waals surface area contributed by atoms with Crippen molar-refractivity contribution in [3.63, 3.8) is 0 Å². The van der Waals surface area contributed by atoms with E-state index in [1.54, 1.807) is 0 Å². The molecule has 19 heavy (non-hydrogen) atoms. The molecule has 0 atom stereocenters. The first-order valence-corrected chi connectivity index (χ1v) is 6.29. The topological polar surface area (TPSA) is 46.5 Å². The molecule has 4 heteroatoms. The molecular weight excluding hydrogens is 236 g/mol. The zero-order valence-electron chi connectivity index (χ0n) is 11.3. The van der Waals surface area contributed by atoms with E-state index in [1.807, 2.05) is 30.8 Å². The van der Waals surface area contributed by atoms with E-state index in [4.69, 9.17) is 0 Å². The Bertz CT molecular complexity index is 721. The largest absolute Gasteiger partial charge is 0.342 e. The first-order valence-electron chi connectivity index (χ1n) is 6.29. The molecule has 1 N–H and O–H groups in total. The van der Waals surface area contributed by atoms with E-state index in [9.17, 15) is 0 Å². The summed E-state index contributed by atoms with van der Waals surface area (Å²) in [5.74, 6) is 0.923. The summed E-state index contributed by atoms with van der Waals surface area (Å²) in [5.41, 5.74) is 5.37. The number of nitrogens with one attached hydrogen (secondary N) is 1. The highest BCUT2D eigenvalue weighted by atomic mass is 15.3. The average Bonchev–Trinajstić information content (AvgIpc) is 2.96. The van der Waals surface area contributed by atoms with Gasteiger partial charge in [-0.3, -0.25) is 0 Å². The van der Waals surface area contributed by atoms with Crippen LogP contribution in [-0.2, 0) is 0 Å². The molecule has 0 unspecified atom stereocenters. The minimum Gasteiger partial charge on any atom is -0.342 e. The van der Waals surface area contributed by atoms with E-state index in [0.717, 1.165) is 34.2 Å². The van der Waals surface area contributed by atoms with Crippen LogP contribution < -0.4 is 0 Å². The third-order valence-electron chi connectivity index (χ3n) is 3.11. The number of aryl methyl sites for hydroxylation is 3. The lowest BCUT2D eigenvalue weighted by Gasteiger charge is -2.06. The molecule has 0 fully saturated rings. The number of H-pyrrole nitrogens is 1. The number of aromatic amines is 1. The van der Waals surface area contributed by atoms with Crippen molar-refractivity contribution in [1.82, 2.24) is 19.7 Å². The summed E-state index contributed by atoms with van der Waals surface area (Å²) in [7, 11) is 0. The summed E-state index contributed by atoms with van der Waals surface area (Å²) >= 11 is 0. The maximum Gasteiger partial charge on any atom is 0.103 e. The number of benzene rings is 1. The minimum absolute atomic E-state index is 0.923. The zero-order valence-corrected chi connectivity index (χ0v) is 11.3. The number of imidazole rings is 1. The van der Waals surface area contributed by atoms with E-state index < -0.39 is 0 Å². The van der Waals surface area contributed by atoms with Crippen LogP contribution >= 0.6 is 0 Å². The van der Waals surface area contributed by atoms with Crippen LogP contribution in [0.5, 0.6) is 0 Å². The molecule has 0 amide bonds. The van der Waals surface area contributed by atoms with Crippen molar-refractivity contribution in [1.29, 1.82) is 0 Å². The second-order valence-electron chi connectivity index (χ2n) is 4.77. The van der Waals surface area contributed by atoms with E-state index in [2.05, 4.69) is 46.3 Å². The summed E-state index contributed by atoms with van der Waals surface area (Å²) < 4.78 is 1.96. The summed E-state index contributed by atoms with van der Waals surface area (Å²) in [4.78, 5) is 7.49. The number of aromatic nitrogens is 4. The molecule has 0 radical (unpaired) electrons. The van der Waals surface area contributed by atoms with Gasteiger partial charge in [0.05, 0.1) is 23.3 Å². The van der Waals surface area contributed by atoms with Gasteiger partial charge in [0.1, 0.15) is 5.82 Å². The van der Waals surface area contributed by atoms with Crippen molar-refractivity contribution < 1.29 is 0 Å². The molecule has 0 saturated carbocycles. The predicted octanol–water partition coefficient (Wildman–Crippen LogP) is 3.19. The van der Waals surface area contributed by atoms with Crippen LogP contribution in [0.25, 0.3) is 16.9 Å². The average molecular weight is 252 g/mol. The predicted molar refractivity (Wildman–Crippen MR) is 75.4 cm³/mol. The van der Waals surface area contributed by atoms with E-state index in [1.165, 1.54) is 0 Å². The van der Waals surface area contributed by atoms with E-state index in [-0.39, 0.29) is 0 Å². The quantitative estimate of drug-likeness (QED) is 0.761. The van der Waals surface area contributed by atoms with Gasteiger partial charge in [0.25, 0.3) is 0 Å². The van der Waals surface area contributed by atoms with Gasteiger partial charge in [-0.2, -0.15) is 5.10 Å². The van der Waals surface area contributed by atoms with Gasteiger partial charge in [-0.25, -0.2) is 9.67 Å². The molecular formula is C15H16N4. The van der Waals surface area contributed by atoms with Crippen LogP contribution in [0, 0.1) is 20.8 Å². The standard InChI is InChI=1S/C15H16N4/c1-10-7-11(2)19(18-10)14-6-4-5-13(8-14)15-9-16-12(3)17-15/h4-9H,1-3H3,(H,16,17). The van der Waals surface area contributed by atoms with Crippen LogP contribution in [0.1, 0.15) is 17.2 Å². The smallest absolute Gasteiger partial charge is 0.103 e. The zero-order chi connectivity index (χ0) is 13.4. The Morgan fingerprint density at radius 1 is 1.11 bits per heavy atom. The van der Waals surface area contributed by atoms with Gasteiger partial charge < -0.3 is 4.98 Å². The second kappa shape index (κ2) is 4.39. The third kappa shape index (κ3) is 2.17. The highest BCUT2D eigenvalue weighted by Crippen LogP contribution is 2.21. The Labute approximate surface area is 112 Å². The van der Waals surface area contributed by atoms with E-state index >= 15 is 0 Å². The van der Waals surface area contributed by atoms with Gasteiger partial charge in [-0.15, -0.1) is 0 Å².